The van der Waals surface area contributed by atoms with E-state index in [0.29, 0.717) is 13.0 Å². The molecule has 1 heterocycles. The summed E-state index contributed by atoms with van der Waals surface area (Å²) in [5.74, 6) is 0.282. The maximum absolute atomic E-state index is 11.9. The third kappa shape index (κ3) is 3.87. The molecule has 2 rings (SSSR count). The topological polar surface area (TPSA) is 72.8 Å². The molecule has 1 amide bonds. The van der Waals surface area contributed by atoms with E-state index in [4.69, 9.17) is 0 Å². The van der Waals surface area contributed by atoms with Gasteiger partial charge in [-0.1, -0.05) is 0 Å². The summed E-state index contributed by atoms with van der Waals surface area (Å²) >= 11 is 0. The highest BCUT2D eigenvalue weighted by atomic mass is 16.3. The van der Waals surface area contributed by atoms with Crippen molar-refractivity contribution in [2.45, 2.75) is 32.2 Å². The van der Waals surface area contributed by atoms with Gasteiger partial charge in [-0.3, -0.25) is 4.79 Å². The molecule has 0 saturated carbocycles. The van der Waals surface area contributed by atoms with E-state index < -0.39 is 0 Å². The minimum absolute atomic E-state index is 0.0284. The molecule has 0 spiro atoms. The zero-order valence-corrected chi connectivity index (χ0v) is 11.8. The summed E-state index contributed by atoms with van der Waals surface area (Å²) < 4.78 is 0. The molecular weight excluding hydrogens is 256 g/mol. The van der Waals surface area contributed by atoms with Crippen LogP contribution in [-0.4, -0.2) is 40.7 Å². The van der Waals surface area contributed by atoms with Crippen LogP contribution in [0.3, 0.4) is 0 Å². The monoisotopic (exact) mass is 278 g/mol. The van der Waals surface area contributed by atoms with Gasteiger partial charge in [0.1, 0.15) is 11.5 Å². The van der Waals surface area contributed by atoms with E-state index in [9.17, 15) is 15.0 Å². The van der Waals surface area contributed by atoms with Crippen LogP contribution in [0.2, 0.25) is 0 Å². The van der Waals surface area contributed by atoms with Crippen molar-refractivity contribution in [3.8, 4) is 11.5 Å². The van der Waals surface area contributed by atoms with E-state index in [1.54, 1.807) is 12.1 Å². The van der Waals surface area contributed by atoms with Gasteiger partial charge in [-0.15, -0.1) is 0 Å². The number of benzene rings is 1. The highest BCUT2D eigenvalue weighted by molar-refractivity contribution is 5.76. The minimum Gasteiger partial charge on any atom is -0.508 e. The fourth-order valence-corrected chi connectivity index (χ4v) is 2.51. The molecule has 20 heavy (non-hydrogen) atoms. The Kier molecular flexibility index (Phi) is 4.84. The summed E-state index contributed by atoms with van der Waals surface area (Å²) in [4.78, 5) is 13.8. The zero-order valence-electron chi connectivity index (χ0n) is 11.8. The third-order valence-electron chi connectivity index (χ3n) is 3.67. The summed E-state index contributed by atoms with van der Waals surface area (Å²) in [5.41, 5.74) is 0.802. The van der Waals surface area contributed by atoms with Crippen LogP contribution in [0.1, 0.15) is 37.8 Å². The second-order valence-electron chi connectivity index (χ2n) is 5.30. The van der Waals surface area contributed by atoms with Gasteiger partial charge in [0.15, 0.2) is 0 Å². The van der Waals surface area contributed by atoms with E-state index in [2.05, 4.69) is 5.32 Å². The summed E-state index contributed by atoms with van der Waals surface area (Å²) in [5, 5.41) is 22.1. The molecule has 1 unspecified atom stereocenters. The number of carbonyl (C=O) groups is 1. The Morgan fingerprint density at radius 3 is 2.45 bits per heavy atom. The van der Waals surface area contributed by atoms with Crippen LogP contribution in [-0.2, 0) is 4.79 Å². The van der Waals surface area contributed by atoms with Crippen molar-refractivity contribution >= 4 is 5.91 Å². The number of hydrogen-bond donors (Lipinski definition) is 3. The van der Waals surface area contributed by atoms with E-state index in [0.717, 1.165) is 31.5 Å². The van der Waals surface area contributed by atoms with Gasteiger partial charge in [-0.25, -0.2) is 0 Å². The molecule has 1 saturated heterocycles. The molecule has 0 radical (unpaired) electrons. The van der Waals surface area contributed by atoms with Crippen molar-refractivity contribution in [2.24, 2.45) is 0 Å². The minimum atomic E-state index is -0.0284. The van der Waals surface area contributed by atoms with Crippen molar-refractivity contribution in [2.75, 3.05) is 19.6 Å². The lowest BCUT2D eigenvalue weighted by Gasteiger charge is -2.18. The van der Waals surface area contributed by atoms with Crippen molar-refractivity contribution in [3.63, 3.8) is 0 Å². The van der Waals surface area contributed by atoms with Crippen molar-refractivity contribution in [1.82, 2.24) is 10.2 Å². The molecule has 5 nitrogen and oxygen atoms in total. The summed E-state index contributed by atoms with van der Waals surface area (Å²) in [6, 6.07) is 4.49. The lowest BCUT2D eigenvalue weighted by Crippen LogP contribution is -2.31. The van der Waals surface area contributed by atoms with E-state index >= 15 is 0 Å². The molecule has 0 bridgehead atoms. The number of phenols is 2. The largest absolute Gasteiger partial charge is 0.508 e. The summed E-state index contributed by atoms with van der Waals surface area (Å²) in [7, 11) is 0. The van der Waals surface area contributed by atoms with Crippen LogP contribution in [0, 0.1) is 0 Å². The lowest BCUT2D eigenvalue weighted by atomic mass is 10.1. The Morgan fingerprint density at radius 1 is 1.25 bits per heavy atom. The second-order valence-corrected chi connectivity index (χ2v) is 5.30. The molecular formula is C15H22N2O3. The Balaban J connectivity index is 1.79. The Labute approximate surface area is 119 Å². The number of nitrogens with zero attached hydrogens (tertiary/aromatic N) is 1. The number of phenolic OH excluding ortho intramolecular Hbond substituents is 2. The van der Waals surface area contributed by atoms with Crippen molar-refractivity contribution in [3.05, 3.63) is 23.8 Å². The molecule has 0 aliphatic carbocycles. The quantitative estimate of drug-likeness (QED) is 0.767. The summed E-state index contributed by atoms with van der Waals surface area (Å²) in [6.07, 6.45) is 2.70. The first-order chi connectivity index (χ1) is 9.56. The molecule has 1 aliphatic heterocycles. The molecule has 1 atom stereocenters. The smallest absolute Gasteiger partial charge is 0.223 e. The van der Waals surface area contributed by atoms with Gasteiger partial charge in [0, 0.05) is 38.2 Å². The van der Waals surface area contributed by atoms with Crippen molar-refractivity contribution in [1.29, 1.82) is 0 Å². The highest BCUT2D eigenvalue weighted by Gasteiger charge is 2.17. The fourth-order valence-electron chi connectivity index (χ4n) is 2.51. The molecule has 0 aromatic heterocycles. The van der Waals surface area contributed by atoms with Gasteiger partial charge in [-0.05, 0) is 37.5 Å². The maximum atomic E-state index is 11.9. The average molecular weight is 278 g/mol. The molecule has 1 aromatic rings. The first-order valence-electron chi connectivity index (χ1n) is 7.10. The van der Waals surface area contributed by atoms with Gasteiger partial charge in [0.2, 0.25) is 5.91 Å². The molecule has 1 aromatic carbocycles. The van der Waals surface area contributed by atoms with Crippen LogP contribution in [0.25, 0.3) is 0 Å². The number of rotatable bonds is 5. The Hall–Kier alpha value is -1.75. The third-order valence-corrected chi connectivity index (χ3v) is 3.67. The van der Waals surface area contributed by atoms with Gasteiger partial charge >= 0.3 is 0 Å². The Morgan fingerprint density at radius 2 is 1.85 bits per heavy atom. The lowest BCUT2D eigenvalue weighted by molar-refractivity contribution is -0.130. The van der Waals surface area contributed by atoms with Gasteiger partial charge in [0.05, 0.1) is 0 Å². The predicted octanol–water partition coefficient (Wildman–Crippen LogP) is 1.76. The van der Waals surface area contributed by atoms with Crippen molar-refractivity contribution < 1.29 is 15.0 Å². The second kappa shape index (κ2) is 6.61. The van der Waals surface area contributed by atoms with Crippen LogP contribution >= 0.6 is 0 Å². The van der Waals surface area contributed by atoms with Crippen LogP contribution in [0.4, 0.5) is 0 Å². The highest BCUT2D eigenvalue weighted by Crippen LogP contribution is 2.24. The fraction of sp³-hybridized carbons (Fsp3) is 0.533. The number of amides is 1. The average Bonchev–Trinajstić information content (AvgIpc) is 2.91. The molecule has 1 fully saturated rings. The van der Waals surface area contributed by atoms with Gasteiger partial charge < -0.3 is 20.4 Å². The van der Waals surface area contributed by atoms with Gasteiger partial charge in [-0.2, -0.15) is 0 Å². The van der Waals surface area contributed by atoms with Crippen LogP contribution in [0.5, 0.6) is 11.5 Å². The predicted molar refractivity (Wildman–Crippen MR) is 76.6 cm³/mol. The molecule has 5 heteroatoms. The maximum Gasteiger partial charge on any atom is 0.223 e. The summed E-state index contributed by atoms with van der Waals surface area (Å²) in [6.45, 7) is 4.30. The van der Waals surface area contributed by atoms with Crippen LogP contribution < -0.4 is 5.32 Å². The zero-order chi connectivity index (χ0) is 14.5. The number of carbonyl (C=O) groups excluding carboxylic acids is 1. The van der Waals surface area contributed by atoms with E-state index in [1.165, 1.54) is 6.07 Å². The van der Waals surface area contributed by atoms with E-state index in [-0.39, 0.29) is 23.4 Å². The molecule has 1 aliphatic rings. The normalized spacial score (nSPS) is 16.4. The van der Waals surface area contributed by atoms with Gasteiger partial charge in [0.25, 0.3) is 0 Å². The Bertz CT molecular complexity index is 450. The first-order valence-corrected chi connectivity index (χ1v) is 7.10. The van der Waals surface area contributed by atoms with Crippen LogP contribution in [0.15, 0.2) is 18.2 Å². The van der Waals surface area contributed by atoms with E-state index in [1.807, 2.05) is 11.8 Å². The molecule has 110 valence electrons. The number of likely N-dealkylation sites (tertiary alicyclic amines) is 1. The number of hydrogen-bond acceptors (Lipinski definition) is 4. The number of nitrogens with one attached hydrogen (secondary N) is 1. The SMILES string of the molecule is CC(NCCC(=O)N1CCCC1)c1cc(O)cc(O)c1. The number of aromatic hydroxyl groups is 2. The first kappa shape index (κ1) is 14.7. The standard InChI is InChI=1S/C15H22N2O3/c1-11(12-8-13(18)10-14(19)9-12)16-5-4-15(20)17-6-2-3-7-17/h8-11,16,18-19H,2-7H2,1H3. The molecule has 3 N–H and O–H groups in total.